The molecule has 0 aromatic heterocycles. The molecule has 18 heavy (non-hydrogen) atoms. The Kier molecular flexibility index (Phi) is 5.80. The molecular formula is C12H17F2NO3. The Balaban J connectivity index is 2.36. The zero-order valence-electron chi connectivity index (χ0n) is 10.1. The highest BCUT2D eigenvalue weighted by Gasteiger charge is 2.10. The normalized spacial score (nSPS) is 12.9. The Morgan fingerprint density at radius 2 is 2.06 bits per heavy atom. The van der Waals surface area contributed by atoms with Crippen LogP contribution in [0.15, 0.2) is 18.2 Å². The molecule has 3 N–H and O–H groups in total. The van der Waals surface area contributed by atoms with Crippen molar-refractivity contribution in [2.24, 2.45) is 0 Å². The molecule has 102 valence electrons. The number of ether oxygens (including phenoxy) is 1. The summed E-state index contributed by atoms with van der Waals surface area (Å²) in [6.45, 7) is 1.76. The summed E-state index contributed by atoms with van der Waals surface area (Å²) >= 11 is 0. The van der Waals surface area contributed by atoms with E-state index in [1.165, 1.54) is 18.2 Å². The standard InChI is InChI=1S/C12H17F2NO3/c1-8(15-4-5-18-7-12(13)14)10-6-9(16)2-3-11(10)17/h2-3,6,8,12,15-17H,4-5,7H2,1H3. The van der Waals surface area contributed by atoms with Gasteiger partial charge in [0.25, 0.3) is 6.43 Å². The van der Waals surface area contributed by atoms with Gasteiger partial charge in [-0.3, -0.25) is 0 Å². The molecule has 1 unspecified atom stereocenters. The van der Waals surface area contributed by atoms with E-state index in [-0.39, 0.29) is 24.1 Å². The maximum absolute atomic E-state index is 11.8. The fraction of sp³-hybridized carbons (Fsp3) is 0.500. The summed E-state index contributed by atoms with van der Waals surface area (Å²) in [4.78, 5) is 0. The number of halogens is 2. The van der Waals surface area contributed by atoms with Crippen LogP contribution in [0.1, 0.15) is 18.5 Å². The number of rotatable bonds is 7. The van der Waals surface area contributed by atoms with Crippen LogP contribution in [-0.2, 0) is 4.74 Å². The smallest absolute Gasteiger partial charge is 0.261 e. The predicted molar refractivity (Wildman–Crippen MR) is 63.0 cm³/mol. The Morgan fingerprint density at radius 3 is 2.72 bits per heavy atom. The third-order valence-corrected chi connectivity index (χ3v) is 2.42. The van der Waals surface area contributed by atoms with E-state index >= 15 is 0 Å². The van der Waals surface area contributed by atoms with Crippen molar-refractivity contribution in [2.75, 3.05) is 19.8 Å². The molecule has 0 aliphatic carbocycles. The molecule has 4 nitrogen and oxygen atoms in total. The van der Waals surface area contributed by atoms with E-state index in [1.54, 1.807) is 6.92 Å². The van der Waals surface area contributed by atoms with E-state index in [0.29, 0.717) is 12.1 Å². The fourth-order valence-corrected chi connectivity index (χ4v) is 1.52. The second kappa shape index (κ2) is 7.13. The first-order chi connectivity index (χ1) is 8.50. The Labute approximate surface area is 104 Å². The predicted octanol–water partition coefficient (Wildman–Crippen LogP) is 2.03. The van der Waals surface area contributed by atoms with E-state index in [1.807, 2.05) is 0 Å². The molecule has 0 radical (unpaired) electrons. The highest BCUT2D eigenvalue weighted by molar-refractivity contribution is 5.40. The van der Waals surface area contributed by atoms with Crippen LogP contribution in [0, 0.1) is 0 Å². The van der Waals surface area contributed by atoms with Crippen molar-refractivity contribution < 1.29 is 23.7 Å². The van der Waals surface area contributed by atoms with Gasteiger partial charge in [-0.15, -0.1) is 0 Å². The largest absolute Gasteiger partial charge is 0.508 e. The molecule has 1 atom stereocenters. The summed E-state index contributed by atoms with van der Waals surface area (Å²) in [5, 5.41) is 21.9. The number of hydrogen-bond acceptors (Lipinski definition) is 4. The van der Waals surface area contributed by atoms with Crippen LogP contribution in [0.3, 0.4) is 0 Å². The van der Waals surface area contributed by atoms with Gasteiger partial charge in [-0.2, -0.15) is 0 Å². The second-order valence-corrected chi connectivity index (χ2v) is 3.88. The van der Waals surface area contributed by atoms with Gasteiger partial charge < -0.3 is 20.3 Å². The molecule has 0 spiro atoms. The molecule has 0 heterocycles. The number of aromatic hydroxyl groups is 2. The zero-order chi connectivity index (χ0) is 13.5. The monoisotopic (exact) mass is 261 g/mol. The summed E-state index contributed by atoms with van der Waals surface area (Å²) in [5.41, 5.74) is 0.545. The lowest BCUT2D eigenvalue weighted by Crippen LogP contribution is -2.24. The quantitative estimate of drug-likeness (QED) is 0.519. The van der Waals surface area contributed by atoms with Gasteiger partial charge in [-0.1, -0.05) is 0 Å². The molecule has 0 fully saturated rings. The fourth-order valence-electron chi connectivity index (χ4n) is 1.52. The van der Waals surface area contributed by atoms with Crippen molar-refractivity contribution >= 4 is 0 Å². The summed E-state index contributed by atoms with van der Waals surface area (Å²) in [6.07, 6.45) is -2.46. The van der Waals surface area contributed by atoms with Crippen molar-refractivity contribution in [3.05, 3.63) is 23.8 Å². The van der Waals surface area contributed by atoms with Crippen molar-refractivity contribution in [1.82, 2.24) is 5.32 Å². The third-order valence-electron chi connectivity index (χ3n) is 2.42. The van der Waals surface area contributed by atoms with E-state index in [0.717, 1.165) is 0 Å². The van der Waals surface area contributed by atoms with Crippen molar-refractivity contribution in [3.63, 3.8) is 0 Å². The molecule has 0 aliphatic heterocycles. The van der Waals surface area contributed by atoms with E-state index in [9.17, 15) is 19.0 Å². The molecule has 0 amide bonds. The van der Waals surface area contributed by atoms with Gasteiger partial charge in [-0.25, -0.2) is 8.78 Å². The SMILES string of the molecule is CC(NCCOCC(F)F)c1cc(O)ccc1O. The molecule has 6 heteroatoms. The molecule has 0 aliphatic rings. The van der Waals surface area contributed by atoms with Gasteiger partial charge in [0.05, 0.1) is 6.61 Å². The van der Waals surface area contributed by atoms with Crippen molar-refractivity contribution in [1.29, 1.82) is 0 Å². The van der Waals surface area contributed by atoms with Gasteiger partial charge in [0, 0.05) is 18.2 Å². The van der Waals surface area contributed by atoms with Crippen LogP contribution in [0.5, 0.6) is 11.5 Å². The second-order valence-electron chi connectivity index (χ2n) is 3.88. The zero-order valence-corrected chi connectivity index (χ0v) is 10.1. The van der Waals surface area contributed by atoms with Crippen LogP contribution >= 0.6 is 0 Å². The molecule has 1 aromatic carbocycles. The number of phenols is 2. The topological polar surface area (TPSA) is 61.7 Å². The van der Waals surface area contributed by atoms with Gasteiger partial charge in [-0.05, 0) is 25.1 Å². The van der Waals surface area contributed by atoms with Crippen LogP contribution in [0.25, 0.3) is 0 Å². The molecular weight excluding hydrogens is 244 g/mol. The number of hydrogen-bond donors (Lipinski definition) is 3. The van der Waals surface area contributed by atoms with Gasteiger partial charge in [0.1, 0.15) is 18.1 Å². The third kappa shape index (κ3) is 4.85. The van der Waals surface area contributed by atoms with Gasteiger partial charge in [0.15, 0.2) is 0 Å². The summed E-state index contributed by atoms with van der Waals surface area (Å²) in [5.74, 6) is 0.131. The lowest BCUT2D eigenvalue weighted by molar-refractivity contribution is 0.0183. The minimum Gasteiger partial charge on any atom is -0.508 e. The number of benzene rings is 1. The molecule has 1 aromatic rings. The minimum absolute atomic E-state index is 0.0606. The first kappa shape index (κ1) is 14.7. The van der Waals surface area contributed by atoms with Gasteiger partial charge >= 0.3 is 0 Å². The van der Waals surface area contributed by atoms with Crippen LogP contribution in [0.2, 0.25) is 0 Å². The lowest BCUT2D eigenvalue weighted by Gasteiger charge is -2.15. The van der Waals surface area contributed by atoms with Crippen LogP contribution in [-0.4, -0.2) is 36.4 Å². The van der Waals surface area contributed by atoms with E-state index in [4.69, 9.17) is 4.74 Å². The maximum atomic E-state index is 11.8. The average Bonchev–Trinajstić information content (AvgIpc) is 2.31. The molecule has 1 rings (SSSR count). The maximum Gasteiger partial charge on any atom is 0.261 e. The van der Waals surface area contributed by atoms with Crippen molar-refractivity contribution in [3.8, 4) is 11.5 Å². The van der Waals surface area contributed by atoms with Crippen LogP contribution < -0.4 is 5.32 Å². The summed E-state index contributed by atoms with van der Waals surface area (Å²) < 4.78 is 28.3. The molecule has 0 bridgehead atoms. The Hall–Kier alpha value is -1.40. The molecule has 0 saturated carbocycles. The average molecular weight is 261 g/mol. The van der Waals surface area contributed by atoms with E-state index in [2.05, 4.69) is 5.32 Å². The first-order valence-electron chi connectivity index (χ1n) is 5.62. The van der Waals surface area contributed by atoms with Crippen LogP contribution in [0.4, 0.5) is 8.78 Å². The highest BCUT2D eigenvalue weighted by Crippen LogP contribution is 2.27. The number of phenolic OH excluding ortho intramolecular Hbond substituents is 2. The van der Waals surface area contributed by atoms with E-state index < -0.39 is 13.0 Å². The number of nitrogens with one attached hydrogen (secondary N) is 1. The first-order valence-corrected chi connectivity index (χ1v) is 5.62. The number of alkyl halides is 2. The Bertz CT molecular complexity index is 374. The minimum atomic E-state index is -2.46. The summed E-state index contributed by atoms with van der Waals surface area (Å²) in [7, 11) is 0. The Morgan fingerprint density at radius 1 is 1.33 bits per heavy atom. The van der Waals surface area contributed by atoms with Gasteiger partial charge in [0.2, 0.25) is 0 Å². The molecule has 0 saturated heterocycles. The highest BCUT2D eigenvalue weighted by atomic mass is 19.3. The summed E-state index contributed by atoms with van der Waals surface area (Å²) in [6, 6.07) is 4.02. The lowest BCUT2D eigenvalue weighted by atomic mass is 10.1. The van der Waals surface area contributed by atoms with Crippen molar-refractivity contribution in [2.45, 2.75) is 19.4 Å².